The van der Waals surface area contributed by atoms with Crippen LogP contribution >= 0.6 is 11.6 Å². The van der Waals surface area contributed by atoms with Crippen molar-refractivity contribution in [3.8, 4) is 11.1 Å². The molecule has 2 nitrogen and oxygen atoms in total. The van der Waals surface area contributed by atoms with E-state index in [1.54, 1.807) is 0 Å². The molecule has 0 unspecified atom stereocenters. The summed E-state index contributed by atoms with van der Waals surface area (Å²) in [5.74, 6) is 0.895. The van der Waals surface area contributed by atoms with Gasteiger partial charge in [-0.25, -0.2) is 0 Å². The summed E-state index contributed by atoms with van der Waals surface area (Å²) in [6.07, 6.45) is 7.36. The molecule has 0 radical (unpaired) electrons. The van der Waals surface area contributed by atoms with Gasteiger partial charge in [-0.1, -0.05) is 54.9 Å². The van der Waals surface area contributed by atoms with Crippen molar-refractivity contribution in [3.63, 3.8) is 0 Å². The average Bonchev–Trinajstić information content (AvgIpc) is 3.01. The molecule has 1 saturated carbocycles. The SMILES string of the molecule is CCc1ccc(-c2ccc(Cl)cc2)cc1C1=C(O)[C@H]2[C@@H](C1=O)[C@H]1C=C[C@@H]2CC1. The minimum Gasteiger partial charge on any atom is -0.511 e. The predicted octanol–water partition coefficient (Wildman–Crippen LogP) is 6.25. The molecular formula is C25H23ClO2. The molecule has 4 aliphatic rings. The second kappa shape index (κ2) is 6.63. The molecule has 0 heterocycles. The lowest BCUT2D eigenvalue weighted by Gasteiger charge is -2.40. The molecule has 0 saturated heterocycles. The zero-order valence-corrected chi connectivity index (χ0v) is 16.6. The van der Waals surface area contributed by atoms with Crippen molar-refractivity contribution in [1.82, 2.24) is 0 Å². The molecule has 0 amide bonds. The summed E-state index contributed by atoms with van der Waals surface area (Å²) < 4.78 is 0. The van der Waals surface area contributed by atoms with E-state index in [1.807, 2.05) is 24.3 Å². The summed E-state index contributed by atoms with van der Waals surface area (Å²) in [4.78, 5) is 13.4. The second-order valence-electron chi connectivity index (χ2n) is 8.20. The van der Waals surface area contributed by atoms with E-state index in [1.165, 1.54) is 0 Å². The summed E-state index contributed by atoms with van der Waals surface area (Å²) in [5.41, 5.74) is 4.65. The van der Waals surface area contributed by atoms with Crippen molar-refractivity contribution in [2.45, 2.75) is 26.2 Å². The van der Waals surface area contributed by atoms with Gasteiger partial charge in [0.05, 0.1) is 5.57 Å². The number of Topliss-reactive ketones (excluding diaryl/α,β-unsaturated/α-hetero) is 1. The number of allylic oxidation sites excluding steroid dienone is 4. The highest BCUT2D eigenvalue weighted by atomic mass is 35.5. The van der Waals surface area contributed by atoms with Gasteiger partial charge in [0.1, 0.15) is 5.76 Å². The molecule has 28 heavy (non-hydrogen) atoms. The van der Waals surface area contributed by atoms with Gasteiger partial charge in [-0.05, 0) is 71.6 Å². The fourth-order valence-electron chi connectivity index (χ4n) is 5.39. The fraction of sp³-hybridized carbons (Fsp3) is 0.320. The van der Waals surface area contributed by atoms with Crippen LogP contribution in [0.15, 0.2) is 60.4 Å². The van der Waals surface area contributed by atoms with Gasteiger partial charge >= 0.3 is 0 Å². The van der Waals surface area contributed by atoms with Crippen LogP contribution in [0.5, 0.6) is 0 Å². The first-order chi connectivity index (χ1) is 13.6. The van der Waals surface area contributed by atoms with Gasteiger partial charge in [0.2, 0.25) is 0 Å². The topological polar surface area (TPSA) is 37.3 Å². The molecule has 1 fully saturated rings. The molecule has 3 heteroatoms. The lowest BCUT2D eigenvalue weighted by Crippen LogP contribution is -2.38. The highest BCUT2D eigenvalue weighted by Crippen LogP contribution is 2.54. The maximum atomic E-state index is 13.4. The lowest BCUT2D eigenvalue weighted by molar-refractivity contribution is -0.120. The number of hydrogen-bond donors (Lipinski definition) is 1. The molecule has 2 aromatic rings. The van der Waals surface area contributed by atoms with Crippen LogP contribution in [0, 0.1) is 23.7 Å². The average molecular weight is 391 g/mol. The van der Waals surface area contributed by atoms with Gasteiger partial charge in [0, 0.05) is 16.9 Å². The van der Waals surface area contributed by atoms with Crippen LogP contribution < -0.4 is 0 Å². The molecule has 1 N–H and O–H groups in total. The van der Waals surface area contributed by atoms with Gasteiger partial charge in [-0.15, -0.1) is 0 Å². The van der Waals surface area contributed by atoms with Crippen LogP contribution in [0.1, 0.15) is 30.9 Å². The summed E-state index contributed by atoms with van der Waals surface area (Å²) in [6, 6.07) is 14.0. The van der Waals surface area contributed by atoms with Crippen LogP contribution in [-0.2, 0) is 11.2 Å². The first-order valence-electron chi connectivity index (χ1n) is 10.1. The maximum Gasteiger partial charge on any atom is 0.171 e. The van der Waals surface area contributed by atoms with E-state index in [4.69, 9.17) is 11.6 Å². The fourth-order valence-corrected chi connectivity index (χ4v) is 5.52. The number of rotatable bonds is 3. The Morgan fingerprint density at radius 2 is 1.61 bits per heavy atom. The number of carbonyl (C=O) groups excluding carboxylic acids is 1. The summed E-state index contributed by atoms with van der Waals surface area (Å²) in [6.45, 7) is 2.09. The Morgan fingerprint density at radius 3 is 2.21 bits per heavy atom. The minimum absolute atomic E-state index is 0.0323. The Bertz CT molecular complexity index is 1020. The number of hydrogen-bond acceptors (Lipinski definition) is 2. The van der Waals surface area contributed by atoms with Gasteiger partial charge in [0.25, 0.3) is 0 Å². The molecule has 2 bridgehead atoms. The highest BCUT2D eigenvalue weighted by Gasteiger charge is 2.52. The number of ketones is 1. The lowest BCUT2D eigenvalue weighted by atomic mass is 9.63. The number of carbonyl (C=O) groups is 1. The number of aryl methyl sites for hydroxylation is 1. The van der Waals surface area contributed by atoms with E-state index in [-0.39, 0.29) is 23.5 Å². The van der Waals surface area contributed by atoms with E-state index in [9.17, 15) is 9.90 Å². The number of aliphatic hydroxyl groups excluding tert-OH is 1. The maximum absolute atomic E-state index is 13.4. The number of halogens is 1. The summed E-state index contributed by atoms with van der Waals surface area (Å²) >= 11 is 6.03. The quantitative estimate of drug-likeness (QED) is 0.629. The third-order valence-electron chi connectivity index (χ3n) is 6.81. The Morgan fingerprint density at radius 1 is 0.964 bits per heavy atom. The van der Waals surface area contributed by atoms with Crippen molar-refractivity contribution in [2.75, 3.05) is 0 Å². The van der Waals surface area contributed by atoms with E-state index >= 15 is 0 Å². The Hall–Kier alpha value is -2.32. The number of benzene rings is 2. The van der Waals surface area contributed by atoms with E-state index in [2.05, 4.69) is 37.3 Å². The Balaban J connectivity index is 1.63. The third kappa shape index (κ3) is 2.58. The molecule has 4 atom stereocenters. The predicted molar refractivity (Wildman–Crippen MR) is 113 cm³/mol. The molecule has 142 valence electrons. The number of fused-ring (bicyclic) bond motifs is 1. The second-order valence-corrected chi connectivity index (χ2v) is 8.63. The van der Waals surface area contributed by atoms with E-state index in [0.29, 0.717) is 22.3 Å². The third-order valence-corrected chi connectivity index (χ3v) is 7.06. The van der Waals surface area contributed by atoms with Crippen LogP contribution in [0.4, 0.5) is 0 Å². The summed E-state index contributed by atoms with van der Waals surface area (Å²) in [5, 5.41) is 11.9. The molecule has 6 rings (SSSR count). The minimum atomic E-state index is -0.0809. The Labute approximate surface area is 170 Å². The standard InChI is InChI=1S/C25H23ClO2/c1-2-14-3-8-18(15-9-11-19(26)12-10-15)13-20(14)23-24(27)21-16-4-5-17(7-6-16)22(21)25(23)28/h3-5,8-13,16-17,21-22,27H,2,6-7H2,1H3/t16-,17+,21-,22+/m1/s1. The molecule has 4 aliphatic carbocycles. The normalized spacial score (nSPS) is 28.1. The van der Waals surface area contributed by atoms with Crippen molar-refractivity contribution >= 4 is 23.0 Å². The monoisotopic (exact) mass is 390 g/mol. The largest absolute Gasteiger partial charge is 0.511 e. The van der Waals surface area contributed by atoms with E-state index in [0.717, 1.165) is 41.5 Å². The van der Waals surface area contributed by atoms with E-state index < -0.39 is 0 Å². The highest BCUT2D eigenvalue weighted by molar-refractivity contribution is 6.30. The first-order valence-corrected chi connectivity index (χ1v) is 10.5. The molecule has 0 aromatic heterocycles. The smallest absolute Gasteiger partial charge is 0.171 e. The first kappa shape index (κ1) is 17.8. The number of aliphatic hydroxyl groups is 1. The molecular weight excluding hydrogens is 368 g/mol. The van der Waals surface area contributed by atoms with Crippen LogP contribution in [0.3, 0.4) is 0 Å². The zero-order chi connectivity index (χ0) is 19.4. The molecule has 0 aliphatic heterocycles. The van der Waals surface area contributed by atoms with Crippen molar-refractivity contribution < 1.29 is 9.90 Å². The van der Waals surface area contributed by atoms with Crippen LogP contribution in [0.2, 0.25) is 5.02 Å². The van der Waals surface area contributed by atoms with Gasteiger partial charge in [-0.2, -0.15) is 0 Å². The van der Waals surface area contributed by atoms with Gasteiger partial charge < -0.3 is 5.11 Å². The molecule has 2 aromatic carbocycles. The van der Waals surface area contributed by atoms with Gasteiger partial charge in [-0.3, -0.25) is 4.79 Å². The van der Waals surface area contributed by atoms with Crippen molar-refractivity contribution in [2.24, 2.45) is 23.7 Å². The van der Waals surface area contributed by atoms with Crippen LogP contribution in [0.25, 0.3) is 16.7 Å². The van der Waals surface area contributed by atoms with Crippen LogP contribution in [-0.4, -0.2) is 10.9 Å². The molecule has 0 spiro atoms. The van der Waals surface area contributed by atoms with Gasteiger partial charge in [0.15, 0.2) is 5.78 Å². The van der Waals surface area contributed by atoms with Crippen molar-refractivity contribution in [1.29, 1.82) is 0 Å². The van der Waals surface area contributed by atoms with Crippen molar-refractivity contribution in [3.05, 3.63) is 76.5 Å². The Kier molecular flexibility index (Phi) is 4.21. The summed E-state index contributed by atoms with van der Waals surface area (Å²) in [7, 11) is 0. The zero-order valence-electron chi connectivity index (χ0n) is 15.9.